The topological polar surface area (TPSA) is 87.0 Å². The van der Waals surface area contributed by atoms with Gasteiger partial charge in [0.15, 0.2) is 0 Å². The van der Waals surface area contributed by atoms with Crippen molar-refractivity contribution in [2.75, 3.05) is 44.2 Å². The minimum absolute atomic E-state index is 0.0774. The van der Waals surface area contributed by atoms with Crippen molar-refractivity contribution < 1.29 is 14.5 Å². The van der Waals surface area contributed by atoms with Gasteiger partial charge < -0.3 is 14.7 Å². The van der Waals surface area contributed by atoms with Gasteiger partial charge in [0.2, 0.25) is 11.8 Å². The summed E-state index contributed by atoms with van der Waals surface area (Å²) in [5.74, 6) is 0.239. The molecule has 0 aliphatic carbocycles. The molecule has 1 fully saturated rings. The molecule has 1 aliphatic rings. The quantitative estimate of drug-likeness (QED) is 0.442. The standard InChI is InChI=1S/C21H32N4O4/c1-3-12-23(13-4-2)20(26)6-5-7-21(27)24-16-14-22(15-17-24)18-8-10-19(11-9-18)25(28)29/h8-11H,3-7,12-17H2,1-2H3. The normalized spacial score (nSPS) is 14.0. The van der Waals surface area contributed by atoms with Crippen LogP contribution in [0, 0.1) is 10.1 Å². The Morgan fingerprint density at radius 1 is 1.00 bits per heavy atom. The number of anilines is 1. The van der Waals surface area contributed by atoms with Crippen molar-refractivity contribution in [3.8, 4) is 0 Å². The van der Waals surface area contributed by atoms with Gasteiger partial charge >= 0.3 is 0 Å². The first-order valence-electron chi connectivity index (χ1n) is 10.5. The maximum atomic E-state index is 12.5. The molecule has 160 valence electrons. The van der Waals surface area contributed by atoms with Crippen LogP contribution < -0.4 is 4.90 Å². The Balaban J connectivity index is 1.74. The number of rotatable bonds is 10. The Bertz CT molecular complexity index is 678. The van der Waals surface area contributed by atoms with E-state index in [0.717, 1.165) is 31.6 Å². The predicted octanol–water partition coefficient (Wildman–Crippen LogP) is 3.06. The Morgan fingerprint density at radius 2 is 1.59 bits per heavy atom. The van der Waals surface area contributed by atoms with E-state index in [0.29, 0.717) is 45.4 Å². The number of benzene rings is 1. The van der Waals surface area contributed by atoms with Crippen LogP contribution in [0.1, 0.15) is 46.0 Å². The molecule has 8 heteroatoms. The van der Waals surface area contributed by atoms with Crippen molar-refractivity contribution in [2.24, 2.45) is 0 Å². The first-order valence-corrected chi connectivity index (χ1v) is 10.5. The summed E-state index contributed by atoms with van der Waals surface area (Å²) >= 11 is 0. The van der Waals surface area contributed by atoms with Crippen LogP contribution >= 0.6 is 0 Å². The second-order valence-electron chi connectivity index (χ2n) is 7.38. The Hall–Kier alpha value is -2.64. The molecule has 29 heavy (non-hydrogen) atoms. The SMILES string of the molecule is CCCN(CCC)C(=O)CCCC(=O)N1CCN(c2ccc([N+](=O)[O-])cc2)CC1. The van der Waals surface area contributed by atoms with E-state index in [1.807, 2.05) is 9.80 Å². The highest BCUT2D eigenvalue weighted by Gasteiger charge is 2.22. The van der Waals surface area contributed by atoms with Gasteiger partial charge in [-0.15, -0.1) is 0 Å². The second kappa shape index (κ2) is 11.4. The molecule has 0 spiro atoms. The highest BCUT2D eigenvalue weighted by molar-refractivity contribution is 5.79. The monoisotopic (exact) mass is 404 g/mol. The van der Waals surface area contributed by atoms with Crippen LogP contribution in [-0.2, 0) is 9.59 Å². The van der Waals surface area contributed by atoms with Gasteiger partial charge in [0.1, 0.15) is 0 Å². The summed E-state index contributed by atoms with van der Waals surface area (Å²) in [6, 6.07) is 6.51. The number of non-ortho nitro benzene ring substituents is 1. The van der Waals surface area contributed by atoms with E-state index < -0.39 is 4.92 Å². The minimum atomic E-state index is -0.408. The predicted molar refractivity (Wildman–Crippen MR) is 113 cm³/mol. The van der Waals surface area contributed by atoms with E-state index in [2.05, 4.69) is 18.7 Å². The Labute approximate surface area is 172 Å². The number of hydrogen-bond donors (Lipinski definition) is 0. The number of nitro groups is 1. The molecule has 1 aliphatic heterocycles. The van der Waals surface area contributed by atoms with Gasteiger partial charge in [0, 0.05) is 69.9 Å². The van der Waals surface area contributed by atoms with Crippen LogP contribution in [0.15, 0.2) is 24.3 Å². The summed E-state index contributed by atoms with van der Waals surface area (Å²) in [6.07, 6.45) is 3.31. The van der Waals surface area contributed by atoms with Crippen LogP contribution in [0.25, 0.3) is 0 Å². The lowest BCUT2D eigenvalue weighted by atomic mass is 10.1. The minimum Gasteiger partial charge on any atom is -0.368 e. The lowest BCUT2D eigenvalue weighted by Crippen LogP contribution is -2.48. The molecule has 0 saturated carbocycles. The van der Waals surface area contributed by atoms with Crippen LogP contribution in [0.2, 0.25) is 0 Å². The Morgan fingerprint density at radius 3 is 2.10 bits per heavy atom. The summed E-state index contributed by atoms with van der Waals surface area (Å²) in [7, 11) is 0. The van der Waals surface area contributed by atoms with Crippen molar-refractivity contribution in [1.29, 1.82) is 0 Å². The van der Waals surface area contributed by atoms with Crippen LogP contribution in [0.3, 0.4) is 0 Å². The van der Waals surface area contributed by atoms with Crippen molar-refractivity contribution in [2.45, 2.75) is 46.0 Å². The number of nitrogens with zero attached hydrogens (tertiary/aromatic N) is 4. The first-order chi connectivity index (χ1) is 14.0. The number of hydrogen-bond acceptors (Lipinski definition) is 5. The van der Waals surface area contributed by atoms with E-state index in [1.54, 1.807) is 12.1 Å². The summed E-state index contributed by atoms with van der Waals surface area (Å²) < 4.78 is 0. The van der Waals surface area contributed by atoms with Gasteiger partial charge in [-0.3, -0.25) is 19.7 Å². The molecule has 2 amide bonds. The van der Waals surface area contributed by atoms with Gasteiger partial charge in [-0.05, 0) is 31.4 Å². The molecular formula is C21H32N4O4. The third-order valence-electron chi connectivity index (χ3n) is 5.18. The van der Waals surface area contributed by atoms with Gasteiger partial charge in [-0.1, -0.05) is 13.8 Å². The highest BCUT2D eigenvalue weighted by atomic mass is 16.6. The fourth-order valence-corrected chi connectivity index (χ4v) is 3.61. The van der Waals surface area contributed by atoms with Gasteiger partial charge in [-0.2, -0.15) is 0 Å². The molecule has 1 aromatic rings. The summed E-state index contributed by atoms with van der Waals surface area (Å²) in [6.45, 7) is 8.34. The first kappa shape index (κ1) is 22.6. The molecule has 1 aromatic carbocycles. The molecule has 0 atom stereocenters. The van der Waals surface area contributed by atoms with E-state index in [4.69, 9.17) is 0 Å². The highest BCUT2D eigenvalue weighted by Crippen LogP contribution is 2.21. The number of amides is 2. The van der Waals surface area contributed by atoms with Gasteiger partial charge in [-0.25, -0.2) is 0 Å². The Kier molecular flexibility index (Phi) is 8.89. The van der Waals surface area contributed by atoms with Gasteiger partial charge in [0.05, 0.1) is 4.92 Å². The third-order valence-corrected chi connectivity index (χ3v) is 5.18. The molecule has 0 N–H and O–H groups in total. The summed E-state index contributed by atoms with van der Waals surface area (Å²) in [5.41, 5.74) is 1.01. The molecule has 0 aromatic heterocycles. The molecule has 8 nitrogen and oxygen atoms in total. The molecule has 2 rings (SSSR count). The van der Waals surface area contributed by atoms with Crippen LogP contribution in [-0.4, -0.2) is 65.8 Å². The molecular weight excluding hydrogens is 372 g/mol. The van der Waals surface area contributed by atoms with Crippen molar-refractivity contribution >= 4 is 23.2 Å². The van der Waals surface area contributed by atoms with E-state index in [-0.39, 0.29) is 17.5 Å². The lowest BCUT2D eigenvalue weighted by molar-refractivity contribution is -0.384. The smallest absolute Gasteiger partial charge is 0.269 e. The maximum Gasteiger partial charge on any atom is 0.269 e. The second-order valence-corrected chi connectivity index (χ2v) is 7.38. The number of carbonyl (C=O) groups is 2. The average Bonchev–Trinajstić information content (AvgIpc) is 2.73. The van der Waals surface area contributed by atoms with Crippen molar-refractivity contribution in [3.63, 3.8) is 0 Å². The number of carbonyl (C=O) groups excluding carboxylic acids is 2. The molecule has 0 bridgehead atoms. The van der Waals surface area contributed by atoms with Crippen molar-refractivity contribution in [3.05, 3.63) is 34.4 Å². The van der Waals surface area contributed by atoms with E-state index in [9.17, 15) is 19.7 Å². The summed E-state index contributed by atoms with van der Waals surface area (Å²) in [5, 5.41) is 10.8. The zero-order valence-corrected chi connectivity index (χ0v) is 17.5. The fourth-order valence-electron chi connectivity index (χ4n) is 3.61. The number of piperazine rings is 1. The van der Waals surface area contributed by atoms with Crippen LogP contribution in [0.4, 0.5) is 11.4 Å². The largest absolute Gasteiger partial charge is 0.368 e. The average molecular weight is 405 g/mol. The van der Waals surface area contributed by atoms with Crippen LogP contribution in [0.5, 0.6) is 0 Å². The summed E-state index contributed by atoms with van der Waals surface area (Å²) in [4.78, 5) is 41.0. The molecule has 1 saturated heterocycles. The molecule has 1 heterocycles. The molecule has 0 radical (unpaired) electrons. The van der Waals surface area contributed by atoms with E-state index in [1.165, 1.54) is 12.1 Å². The van der Waals surface area contributed by atoms with Gasteiger partial charge in [0.25, 0.3) is 5.69 Å². The molecule has 0 unspecified atom stereocenters. The zero-order valence-electron chi connectivity index (χ0n) is 17.5. The fraction of sp³-hybridized carbons (Fsp3) is 0.619. The lowest BCUT2D eigenvalue weighted by Gasteiger charge is -2.36. The van der Waals surface area contributed by atoms with Crippen molar-refractivity contribution in [1.82, 2.24) is 9.80 Å². The zero-order chi connectivity index (χ0) is 21.2. The third kappa shape index (κ3) is 6.73. The number of nitro benzene ring substituents is 1. The maximum absolute atomic E-state index is 12.5. The van der Waals surface area contributed by atoms with E-state index >= 15 is 0 Å².